The average Bonchev–Trinajstić information content (AvgIpc) is 2.18. The maximum Gasteiger partial charge on any atom is 0.125 e. The number of rotatable bonds is 2. The number of fused-ring (bicyclic) bond motifs is 1. The summed E-state index contributed by atoms with van der Waals surface area (Å²) in [4.78, 5) is 8.79. The van der Waals surface area contributed by atoms with Crippen LogP contribution < -0.4 is 5.32 Å². The Balaban J connectivity index is 2.30. The van der Waals surface area contributed by atoms with Crippen molar-refractivity contribution in [3.8, 4) is 0 Å². The standard InChI is InChI=1S/C11H17N3/c1-8-13-7-10-9(6-12-2)4-3-5-11(10)14-8/h7,9,12H,3-6H2,1-2H3. The van der Waals surface area contributed by atoms with Gasteiger partial charge in [0.05, 0.1) is 0 Å². The molecule has 3 heteroatoms. The van der Waals surface area contributed by atoms with E-state index in [1.807, 2.05) is 20.2 Å². The fraction of sp³-hybridized carbons (Fsp3) is 0.636. The lowest BCUT2D eigenvalue weighted by atomic mass is 9.86. The Kier molecular flexibility index (Phi) is 2.77. The third kappa shape index (κ3) is 1.77. The lowest BCUT2D eigenvalue weighted by Crippen LogP contribution is -2.22. The van der Waals surface area contributed by atoms with Crippen LogP contribution in [0, 0.1) is 6.92 Å². The summed E-state index contributed by atoms with van der Waals surface area (Å²) < 4.78 is 0. The summed E-state index contributed by atoms with van der Waals surface area (Å²) in [5.41, 5.74) is 2.63. The second-order valence-electron chi connectivity index (χ2n) is 3.97. The molecule has 0 bridgehead atoms. The van der Waals surface area contributed by atoms with Gasteiger partial charge in [0, 0.05) is 18.4 Å². The lowest BCUT2D eigenvalue weighted by Gasteiger charge is -2.24. The highest BCUT2D eigenvalue weighted by Crippen LogP contribution is 2.29. The van der Waals surface area contributed by atoms with E-state index in [0.29, 0.717) is 5.92 Å². The summed E-state index contributed by atoms with van der Waals surface area (Å²) >= 11 is 0. The second-order valence-corrected chi connectivity index (χ2v) is 3.97. The molecule has 1 aliphatic carbocycles. The van der Waals surface area contributed by atoms with Gasteiger partial charge in [-0.15, -0.1) is 0 Å². The molecular formula is C11H17N3. The molecule has 14 heavy (non-hydrogen) atoms. The quantitative estimate of drug-likeness (QED) is 0.768. The van der Waals surface area contributed by atoms with Gasteiger partial charge in [-0.25, -0.2) is 9.97 Å². The number of aryl methyl sites for hydroxylation is 2. The predicted octanol–water partition coefficient (Wildman–Crippen LogP) is 1.42. The average molecular weight is 191 g/mol. The van der Waals surface area contributed by atoms with Gasteiger partial charge in [-0.1, -0.05) is 0 Å². The maximum atomic E-state index is 4.51. The van der Waals surface area contributed by atoms with E-state index < -0.39 is 0 Å². The molecule has 1 atom stereocenters. The molecule has 1 aromatic rings. The van der Waals surface area contributed by atoms with Gasteiger partial charge in [-0.2, -0.15) is 0 Å². The summed E-state index contributed by atoms with van der Waals surface area (Å²) in [7, 11) is 2.00. The minimum atomic E-state index is 0.615. The lowest BCUT2D eigenvalue weighted by molar-refractivity contribution is 0.517. The van der Waals surface area contributed by atoms with Crippen molar-refractivity contribution < 1.29 is 0 Å². The normalized spacial score (nSPS) is 20.6. The summed E-state index contributed by atoms with van der Waals surface area (Å²) in [6.07, 6.45) is 5.66. The first-order chi connectivity index (χ1) is 6.81. The summed E-state index contributed by atoms with van der Waals surface area (Å²) in [5, 5.41) is 3.24. The van der Waals surface area contributed by atoms with Crippen LogP contribution in [0.5, 0.6) is 0 Å². The molecule has 0 saturated carbocycles. The number of aromatic nitrogens is 2. The van der Waals surface area contributed by atoms with Gasteiger partial charge in [0.1, 0.15) is 5.82 Å². The van der Waals surface area contributed by atoms with Crippen LogP contribution in [0.25, 0.3) is 0 Å². The Morgan fingerprint density at radius 1 is 1.57 bits per heavy atom. The van der Waals surface area contributed by atoms with Crippen LogP contribution in [0.3, 0.4) is 0 Å². The Morgan fingerprint density at radius 2 is 2.43 bits per heavy atom. The highest BCUT2D eigenvalue weighted by atomic mass is 14.9. The van der Waals surface area contributed by atoms with Crippen molar-refractivity contribution in [2.45, 2.75) is 32.1 Å². The van der Waals surface area contributed by atoms with E-state index in [1.54, 1.807) is 0 Å². The van der Waals surface area contributed by atoms with Crippen molar-refractivity contribution in [1.82, 2.24) is 15.3 Å². The summed E-state index contributed by atoms with van der Waals surface area (Å²) in [6.45, 7) is 3.00. The fourth-order valence-corrected chi connectivity index (χ4v) is 2.20. The van der Waals surface area contributed by atoms with Gasteiger partial charge in [0.2, 0.25) is 0 Å². The molecule has 76 valence electrons. The van der Waals surface area contributed by atoms with Crippen LogP contribution in [0.2, 0.25) is 0 Å². The van der Waals surface area contributed by atoms with Crippen molar-refractivity contribution in [3.63, 3.8) is 0 Å². The number of nitrogens with zero attached hydrogens (tertiary/aromatic N) is 2. The molecule has 1 unspecified atom stereocenters. The van der Waals surface area contributed by atoms with Crippen molar-refractivity contribution in [2.24, 2.45) is 0 Å². The molecule has 0 spiro atoms. The monoisotopic (exact) mass is 191 g/mol. The van der Waals surface area contributed by atoms with Crippen molar-refractivity contribution in [3.05, 3.63) is 23.3 Å². The molecule has 1 heterocycles. The second kappa shape index (κ2) is 4.05. The van der Waals surface area contributed by atoms with E-state index >= 15 is 0 Å². The number of nitrogens with one attached hydrogen (secondary N) is 1. The molecule has 0 saturated heterocycles. The van der Waals surface area contributed by atoms with Gasteiger partial charge in [-0.3, -0.25) is 0 Å². The van der Waals surface area contributed by atoms with Crippen molar-refractivity contribution >= 4 is 0 Å². The maximum absolute atomic E-state index is 4.51. The topological polar surface area (TPSA) is 37.8 Å². The number of likely N-dealkylation sites (N-methyl/N-ethyl adjacent to an activating group) is 1. The van der Waals surface area contributed by atoms with Gasteiger partial charge < -0.3 is 5.32 Å². The molecule has 0 aliphatic heterocycles. The van der Waals surface area contributed by atoms with E-state index in [1.165, 1.54) is 24.1 Å². The van der Waals surface area contributed by atoms with E-state index in [9.17, 15) is 0 Å². The fourth-order valence-electron chi connectivity index (χ4n) is 2.20. The molecule has 3 nitrogen and oxygen atoms in total. The molecule has 0 fully saturated rings. The minimum Gasteiger partial charge on any atom is -0.319 e. The number of hydrogen-bond donors (Lipinski definition) is 1. The third-order valence-corrected chi connectivity index (χ3v) is 2.88. The highest BCUT2D eigenvalue weighted by molar-refractivity contribution is 5.25. The van der Waals surface area contributed by atoms with Crippen molar-refractivity contribution in [2.75, 3.05) is 13.6 Å². The molecule has 0 radical (unpaired) electrons. The first-order valence-electron chi connectivity index (χ1n) is 5.28. The van der Waals surface area contributed by atoms with Crippen LogP contribution in [-0.2, 0) is 6.42 Å². The molecule has 1 aromatic heterocycles. The molecule has 0 amide bonds. The first kappa shape index (κ1) is 9.59. The van der Waals surface area contributed by atoms with E-state index in [0.717, 1.165) is 18.8 Å². The van der Waals surface area contributed by atoms with Gasteiger partial charge in [0.25, 0.3) is 0 Å². The molecule has 0 aromatic carbocycles. The zero-order chi connectivity index (χ0) is 9.97. The molecular weight excluding hydrogens is 174 g/mol. The van der Waals surface area contributed by atoms with Crippen molar-refractivity contribution in [1.29, 1.82) is 0 Å². The Hall–Kier alpha value is -0.960. The smallest absolute Gasteiger partial charge is 0.125 e. The third-order valence-electron chi connectivity index (χ3n) is 2.88. The van der Waals surface area contributed by atoms with Gasteiger partial charge in [0.15, 0.2) is 0 Å². The zero-order valence-corrected chi connectivity index (χ0v) is 8.88. The van der Waals surface area contributed by atoms with Crippen LogP contribution in [0.4, 0.5) is 0 Å². The summed E-state index contributed by atoms with van der Waals surface area (Å²) in [5.74, 6) is 1.51. The van der Waals surface area contributed by atoms with E-state index in [4.69, 9.17) is 0 Å². The Bertz CT molecular complexity index is 322. The SMILES string of the molecule is CNCC1CCCc2nc(C)ncc21. The first-order valence-corrected chi connectivity index (χ1v) is 5.28. The highest BCUT2D eigenvalue weighted by Gasteiger charge is 2.20. The van der Waals surface area contributed by atoms with Crippen LogP contribution >= 0.6 is 0 Å². The molecule has 2 rings (SSSR count). The van der Waals surface area contributed by atoms with Crippen LogP contribution in [0.1, 0.15) is 35.8 Å². The zero-order valence-electron chi connectivity index (χ0n) is 8.88. The number of hydrogen-bond acceptors (Lipinski definition) is 3. The van der Waals surface area contributed by atoms with Gasteiger partial charge in [-0.05, 0) is 44.7 Å². The van der Waals surface area contributed by atoms with Crippen LogP contribution in [-0.4, -0.2) is 23.6 Å². The molecule has 1 aliphatic rings. The van der Waals surface area contributed by atoms with Gasteiger partial charge >= 0.3 is 0 Å². The minimum absolute atomic E-state index is 0.615. The molecule has 1 N–H and O–H groups in total. The van der Waals surface area contributed by atoms with Crippen LogP contribution in [0.15, 0.2) is 6.20 Å². The Morgan fingerprint density at radius 3 is 3.21 bits per heavy atom. The van der Waals surface area contributed by atoms with E-state index in [2.05, 4.69) is 15.3 Å². The van der Waals surface area contributed by atoms with E-state index in [-0.39, 0.29) is 0 Å². The summed E-state index contributed by atoms with van der Waals surface area (Å²) in [6, 6.07) is 0. The predicted molar refractivity (Wildman–Crippen MR) is 56.4 cm³/mol. The Labute approximate surface area is 85.0 Å². The largest absolute Gasteiger partial charge is 0.319 e.